The molecule has 0 amide bonds. The minimum atomic E-state index is 0.520. The molecule has 1 aliphatic rings. The van der Waals surface area contributed by atoms with Crippen LogP contribution in [0.2, 0.25) is 10.0 Å². The van der Waals surface area contributed by atoms with E-state index in [1.165, 1.54) is 0 Å². The smallest absolute Gasteiger partial charge is 0.0866 e. The molecular weight excluding hydrogens is 269 g/mol. The fourth-order valence-corrected chi connectivity index (χ4v) is 2.48. The van der Waals surface area contributed by atoms with E-state index >= 15 is 0 Å². The Kier molecular flexibility index (Phi) is 4.85. The van der Waals surface area contributed by atoms with Gasteiger partial charge in [-0.15, -0.1) is 0 Å². The minimum absolute atomic E-state index is 0.520. The van der Waals surface area contributed by atoms with Crippen LogP contribution in [-0.4, -0.2) is 42.5 Å². The molecule has 0 aliphatic carbocycles. The van der Waals surface area contributed by atoms with E-state index in [0.717, 1.165) is 48.3 Å². The van der Waals surface area contributed by atoms with Crippen molar-refractivity contribution in [1.29, 1.82) is 5.26 Å². The zero-order chi connectivity index (χ0) is 13.0. The highest BCUT2D eigenvalue weighted by Crippen LogP contribution is 2.22. The van der Waals surface area contributed by atoms with Gasteiger partial charge >= 0.3 is 0 Å². The van der Waals surface area contributed by atoms with Crippen LogP contribution in [0.25, 0.3) is 0 Å². The average molecular weight is 284 g/mol. The van der Waals surface area contributed by atoms with Crippen LogP contribution >= 0.6 is 23.2 Å². The molecule has 0 radical (unpaired) electrons. The molecule has 96 valence electrons. The van der Waals surface area contributed by atoms with Gasteiger partial charge < -0.3 is 0 Å². The molecule has 1 aromatic rings. The molecule has 1 fully saturated rings. The topological polar surface area (TPSA) is 30.3 Å². The molecule has 0 unspecified atom stereocenters. The number of piperazine rings is 1. The van der Waals surface area contributed by atoms with E-state index in [4.69, 9.17) is 28.5 Å². The second kappa shape index (κ2) is 6.40. The van der Waals surface area contributed by atoms with Gasteiger partial charge in [0, 0.05) is 42.8 Å². The SMILES string of the molecule is N#CCN1CCN(Cc2cc(Cl)ccc2Cl)CC1. The van der Waals surface area contributed by atoms with E-state index in [1.807, 2.05) is 12.1 Å². The van der Waals surface area contributed by atoms with E-state index in [0.29, 0.717) is 6.54 Å². The van der Waals surface area contributed by atoms with Crippen molar-refractivity contribution < 1.29 is 0 Å². The summed E-state index contributed by atoms with van der Waals surface area (Å²) < 4.78 is 0. The predicted octanol–water partition coefficient (Wildman–Crippen LogP) is 2.63. The molecule has 18 heavy (non-hydrogen) atoms. The number of rotatable bonds is 3. The van der Waals surface area contributed by atoms with E-state index < -0.39 is 0 Å². The number of nitriles is 1. The second-order valence-corrected chi connectivity index (χ2v) is 5.29. The molecule has 0 spiro atoms. The summed E-state index contributed by atoms with van der Waals surface area (Å²) in [4.78, 5) is 4.50. The first-order valence-electron chi connectivity index (χ1n) is 5.94. The maximum atomic E-state index is 8.65. The molecule has 0 atom stereocenters. The van der Waals surface area contributed by atoms with E-state index in [-0.39, 0.29) is 0 Å². The van der Waals surface area contributed by atoms with Crippen LogP contribution in [0.4, 0.5) is 0 Å². The third kappa shape index (κ3) is 3.60. The summed E-state index contributed by atoms with van der Waals surface area (Å²) in [6.07, 6.45) is 0. The molecule has 0 N–H and O–H groups in total. The van der Waals surface area contributed by atoms with Crippen LogP contribution in [0.3, 0.4) is 0 Å². The first kappa shape index (κ1) is 13.6. The predicted molar refractivity (Wildman–Crippen MR) is 73.8 cm³/mol. The summed E-state index contributed by atoms with van der Waals surface area (Å²) in [6, 6.07) is 7.75. The van der Waals surface area contributed by atoms with Crippen LogP contribution in [0.15, 0.2) is 18.2 Å². The van der Waals surface area contributed by atoms with E-state index in [1.54, 1.807) is 6.07 Å². The Balaban J connectivity index is 1.92. The van der Waals surface area contributed by atoms with Crippen LogP contribution in [-0.2, 0) is 6.54 Å². The second-order valence-electron chi connectivity index (χ2n) is 4.45. The Morgan fingerprint density at radius 2 is 1.78 bits per heavy atom. The van der Waals surface area contributed by atoms with Gasteiger partial charge in [0.1, 0.15) is 0 Å². The number of hydrogen-bond donors (Lipinski definition) is 0. The monoisotopic (exact) mass is 283 g/mol. The van der Waals surface area contributed by atoms with Crippen molar-refractivity contribution in [1.82, 2.24) is 9.80 Å². The molecule has 3 nitrogen and oxygen atoms in total. The van der Waals surface area contributed by atoms with Crippen molar-refractivity contribution in [3.63, 3.8) is 0 Å². The van der Waals surface area contributed by atoms with Crippen molar-refractivity contribution in [3.8, 4) is 6.07 Å². The van der Waals surface area contributed by atoms with Crippen LogP contribution in [0.5, 0.6) is 0 Å². The van der Waals surface area contributed by atoms with Crippen LogP contribution in [0.1, 0.15) is 5.56 Å². The zero-order valence-electron chi connectivity index (χ0n) is 10.1. The molecule has 1 aromatic carbocycles. The fourth-order valence-electron chi connectivity index (χ4n) is 2.11. The van der Waals surface area contributed by atoms with Gasteiger partial charge in [0.2, 0.25) is 0 Å². The van der Waals surface area contributed by atoms with Gasteiger partial charge in [-0.3, -0.25) is 9.80 Å². The summed E-state index contributed by atoms with van der Waals surface area (Å²) in [6.45, 7) is 5.14. The molecular formula is C13H15Cl2N3. The molecule has 0 saturated carbocycles. The zero-order valence-corrected chi connectivity index (χ0v) is 11.6. The van der Waals surface area contributed by atoms with Crippen molar-refractivity contribution in [3.05, 3.63) is 33.8 Å². The average Bonchev–Trinajstić information content (AvgIpc) is 2.37. The summed E-state index contributed by atoms with van der Waals surface area (Å²) >= 11 is 12.1. The lowest BCUT2D eigenvalue weighted by molar-refractivity contribution is 0.138. The van der Waals surface area contributed by atoms with Crippen molar-refractivity contribution in [2.75, 3.05) is 32.7 Å². The third-order valence-electron chi connectivity index (χ3n) is 3.16. The van der Waals surface area contributed by atoms with Crippen LogP contribution < -0.4 is 0 Å². The summed E-state index contributed by atoms with van der Waals surface area (Å²) in [5.41, 5.74) is 1.07. The number of nitrogens with zero attached hydrogens (tertiary/aromatic N) is 3. The Bertz CT molecular complexity index is 448. The molecule has 0 aromatic heterocycles. The highest BCUT2D eigenvalue weighted by Gasteiger charge is 2.17. The first-order chi connectivity index (χ1) is 8.69. The summed E-state index contributed by atoms with van der Waals surface area (Å²) in [5.74, 6) is 0. The van der Waals surface area contributed by atoms with Gasteiger partial charge in [0.15, 0.2) is 0 Å². The molecule has 0 bridgehead atoms. The van der Waals surface area contributed by atoms with Gasteiger partial charge in [0.05, 0.1) is 12.6 Å². The lowest BCUT2D eigenvalue weighted by Crippen LogP contribution is -2.45. The molecule has 1 heterocycles. The molecule has 1 saturated heterocycles. The minimum Gasteiger partial charge on any atom is -0.296 e. The lowest BCUT2D eigenvalue weighted by Gasteiger charge is -2.33. The Hall–Kier alpha value is -0.790. The lowest BCUT2D eigenvalue weighted by atomic mass is 10.2. The van der Waals surface area contributed by atoms with Crippen molar-refractivity contribution in [2.45, 2.75) is 6.54 Å². The maximum absolute atomic E-state index is 8.65. The van der Waals surface area contributed by atoms with Gasteiger partial charge in [-0.2, -0.15) is 5.26 Å². The van der Waals surface area contributed by atoms with E-state index in [9.17, 15) is 0 Å². The quantitative estimate of drug-likeness (QED) is 0.799. The number of benzene rings is 1. The third-order valence-corrected chi connectivity index (χ3v) is 3.76. The Morgan fingerprint density at radius 3 is 2.44 bits per heavy atom. The standard InChI is InChI=1S/C13H15Cl2N3/c14-12-1-2-13(15)11(9-12)10-18-7-5-17(4-3-16)6-8-18/h1-2,9H,4-8,10H2. The fraction of sp³-hybridized carbons (Fsp3) is 0.462. The van der Waals surface area contributed by atoms with E-state index in [2.05, 4.69) is 15.9 Å². The molecule has 5 heteroatoms. The van der Waals surface area contributed by atoms with Gasteiger partial charge in [-0.05, 0) is 23.8 Å². The Morgan fingerprint density at radius 1 is 1.11 bits per heavy atom. The summed E-state index contributed by atoms with van der Waals surface area (Å²) in [5, 5.41) is 10.1. The Labute approximate surface area is 117 Å². The van der Waals surface area contributed by atoms with Crippen LogP contribution in [0, 0.1) is 11.3 Å². The number of hydrogen-bond acceptors (Lipinski definition) is 3. The van der Waals surface area contributed by atoms with Gasteiger partial charge in [-0.25, -0.2) is 0 Å². The summed E-state index contributed by atoms with van der Waals surface area (Å²) in [7, 11) is 0. The molecule has 2 rings (SSSR count). The highest BCUT2D eigenvalue weighted by atomic mass is 35.5. The van der Waals surface area contributed by atoms with Crippen molar-refractivity contribution in [2.24, 2.45) is 0 Å². The largest absolute Gasteiger partial charge is 0.296 e. The molecule has 1 aliphatic heterocycles. The van der Waals surface area contributed by atoms with Crippen molar-refractivity contribution >= 4 is 23.2 Å². The maximum Gasteiger partial charge on any atom is 0.0866 e. The van der Waals surface area contributed by atoms with Gasteiger partial charge in [0.25, 0.3) is 0 Å². The normalized spacial score (nSPS) is 17.6. The van der Waals surface area contributed by atoms with Gasteiger partial charge in [-0.1, -0.05) is 23.2 Å². The highest BCUT2D eigenvalue weighted by molar-refractivity contribution is 6.33. The number of halogens is 2. The first-order valence-corrected chi connectivity index (χ1v) is 6.70.